The molecule has 2 saturated heterocycles. The molecule has 0 aliphatic carbocycles. The molecule has 0 radical (unpaired) electrons. The summed E-state index contributed by atoms with van der Waals surface area (Å²) in [7, 11) is 0. The molecule has 2 atom stereocenters. The van der Waals surface area contributed by atoms with E-state index in [1.165, 1.54) is 71.2 Å². The van der Waals surface area contributed by atoms with E-state index < -0.39 is 0 Å². The van der Waals surface area contributed by atoms with Crippen molar-refractivity contribution in [3.05, 3.63) is 0 Å². The van der Waals surface area contributed by atoms with Crippen LogP contribution in [0.3, 0.4) is 0 Å². The summed E-state index contributed by atoms with van der Waals surface area (Å²) in [6.07, 6.45) is 8.12. The van der Waals surface area contributed by atoms with Crippen molar-refractivity contribution < 1.29 is 0 Å². The number of rotatable bonds is 6. The molecule has 0 aromatic carbocycles. The zero-order chi connectivity index (χ0) is 12.8. The van der Waals surface area contributed by atoms with Crippen LogP contribution in [0.25, 0.3) is 0 Å². The van der Waals surface area contributed by atoms with Crippen LogP contribution in [0.1, 0.15) is 45.4 Å². The molecular formula is C15H31N3. The predicted molar refractivity (Wildman–Crippen MR) is 77.7 cm³/mol. The van der Waals surface area contributed by atoms with Crippen molar-refractivity contribution in [2.45, 2.75) is 51.5 Å². The van der Waals surface area contributed by atoms with E-state index in [-0.39, 0.29) is 0 Å². The second kappa shape index (κ2) is 7.46. The summed E-state index contributed by atoms with van der Waals surface area (Å²) >= 11 is 0. The molecule has 0 bridgehead atoms. The first-order chi connectivity index (χ1) is 8.79. The maximum absolute atomic E-state index is 5.61. The SMILES string of the molecule is CC(CCN)CCCN1CCCN2CCCC2C1. The summed E-state index contributed by atoms with van der Waals surface area (Å²) < 4.78 is 0. The van der Waals surface area contributed by atoms with Crippen LogP contribution in [-0.2, 0) is 0 Å². The van der Waals surface area contributed by atoms with Gasteiger partial charge in [-0.15, -0.1) is 0 Å². The van der Waals surface area contributed by atoms with Gasteiger partial charge in [0.05, 0.1) is 0 Å². The zero-order valence-electron chi connectivity index (χ0n) is 12.1. The highest BCUT2D eigenvalue weighted by atomic mass is 15.3. The fourth-order valence-electron chi connectivity index (χ4n) is 3.58. The van der Waals surface area contributed by atoms with Gasteiger partial charge in [-0.05, 0) is 77.2 Å². The van der Waals surface area contributed by atoms with E-state index in [2.05, 4.69) is 16.7 Å². The third kappa shape index (κ3) is 4.22. The molecule has 3 heteroatoms. The second-order valence-corrected chi connectivity index (χ2v) is 6.31. The molecule has 0 aromatic rings. The summed E-state index contributed by atoms with van der Waals surface area (Å²) in [6, 6.07) is 0.869. The summed E-state index contributed by atoms with van der Waals surface area (Å²) in [5, 5.41) is 0. The van der Waals surface area contributed by atoms with Gasteiger partial charge in [0.1, 0.15) is 0 Å². The molecule has 0 saturated carbocycles. The summed E-state index contributed by atoms with van der Waals surface area (Å²) in [6.45, 7) is 9.83. The third-order valence-electron chi connectivity index (χ3n) is 4.72. The van der Waals surface area contributed by atoms with Gasteiger partial charge in [0.15, 0.2) is 0 Å². The minimum Gasteiger partial charge on any atom is -0.330 e. The monoisotopic (exact) mass is 253 g/mol. The molecule has 0 aromatic heterocycles. The van der Waals surface area contributed by atoms with Crippen molar-refractivity contribution in [3.63, 3.8) is 0 Å². The first-order valence-electron chi connectivity index (χ1n) is 7.96. The van der Waals surface area contributed by atoms with E-state index >= 15 is 0 Å². The molecule has 2 aliphatic heterocycles. The lowest BCUT2D eigenvalue weighted by Gasteiger charge is -2.25. The average molecular weight is 253 g/mol. The van der Waals surface area contributed by atoms with E-state index in [1.54, 1.807) is 0 Å². The van der Waals surface area contributed by atoms with Gasteiger partial charge < -0.3 is 10.6 Å². The van der Waals surface area contributed by atoms with Crippen LogP contribution in [0.5, 0.6) is 0 Å². The highest BCUT2D eigenvalue weighted by Crippen LogP contribution is 2.21. The van der Waals surface area contributed by atoms with Gasteiger partial charge in [-0.2, -0.15) is 0 Å². The van der Waals surface area contributed by atoms with Crippen LogP contribution in [0, 0.1) is 5.92 Å². The number of fused-ring (bicyclic) bond motifs is 1. The highest BCUT2D eigenvalue weighted by Gasteiger charge is 2.28. The van der Waals surface area contributed by atoms with Gasteiger partial charge in [0.2, 0.25) is 0 Å². The molecule has 2 heterocycles. The van der Waals surface area contributed by atoms with Gasteiger partial charge >= 0.3 is 0 Å². The molecule has 2 unspecified atom stereocenters. The Morgan fingerprint density at radius 2 is 2.00 bits per heavy atom. The van der Waals surface area contributed by atoms with Crippen LogP contribution in [0.15, 0.2) is 0 Å². The van der Waals surface area contributed by atoms with Crippen molar-refractivity contribution in [3.8, 4) is 0 Å². The number of hydrogen-bond donors (Lipinski definition) is 1. The Bertz CT molecular complexity index is 232. The van der Waals surface area contributed by atoms with Crippen LogP contribution in [0.4, 0.5) is 0 Å². The van der Waals surface area contributed by atoms with Crippen molar-refractivity contribution in [1.29, 1.82) is 0 Å². The molecule has 2 fully saturated rings. The maximum Gasteiger partial charge on any atom is 0.0223 e. The molecule has 2 rings (SSSR count). The lowest BCUT2D eigenvalue weighted by molar-refractivity contribution is 0.215. The highest BCUT2D eigenvalue weighted by molar-refractivity contribution is 4.84. The Hall–Kier alpha value is -0.120. The summed E-state index contributed by atoms with van der Waals surface area (Å²) in [5.41, 5.74) is 5.61. The largest absolute Gasteiger partial charge is 0.330 e. The Kier molecular flexibility index (Phi) is 5.93. The lowest BCUT2D eigenvalue weighted by atomic mass is 10.0. The molecule has 18 heavy (non-hydrogen) atoms. The molecule has 2 aliphatic rings. The van der Waals surface area contributed by atoms with E-state index in [0.29, 0.717) is 0 Å². The van der Waals surface area contributed by atoms with Crippen molar-refractivity contribution >= 4 is 0 Å². The number of nitrogens with zero attached hydrogens (tertiary/aromatic N) is 2. The van der Waals surface area contributed by atoms with Crippen molar-refractivity contribution in [1.82, 2.24) is 9.80 Å². The fraction of sp³-hybridized carbons (Fsp3) is 1.00. The zero-order valence-corrected chi connectivity index (χ0v) is 12.1. The summed E-state index contributed by atoms with van der Waals surface area (Å²) in [5.74, 6) is 0.810. The molecular weight excluding hydrogens is 222 g/mol. The van der Waals surface area contributed by atoms with Crippen molar-refractivity contribution in [2.75, 3.05) is 39.3 Å². The third-order valence-corrected chi connectivity index (χ3v) is 4.72. The first-order valence-corrected chi connectivity index (χ1v) is 7.96. The standard InChI is InChI=1S/C15H31N3/c1-14(7-8-16)5-2-9-17-10-4-12-18-11-3-6-15(18)13-17/h14-15H,2-13,16H2,1H3. The number of hydrogen-bond acceptors (Lipinski definition) is 3. The average Bonchev–Trinajstić information content (AvgIpc) is 2.68. The minimum absolute atomic E-state index is 0.810. The van der Waals surface area contributed by atoms with Crippen LogP contribution >= 0.6 is 0 Å². The topological polar surface area (TPSA) is 32.5 Å². The smallest absolute Gasteiger partial charge is 0.0223 e. The predicted octanol–water partition coefficient (Wildman–Crippen LogP) is 1.92. The molecule has 106 valence electrons. The van der Waals surface area contributed by atoms with Gasteiger partial charge in [-0.3, -0.25) is 4.90 Å². The lowest BCUT2D eigenvalue weighted by Crippen LogP contribution is -2.37. The number of nitrogens with two attached hydrogens (primary N) is 1. The van der Waals surface area contributed by atoms with E-state index in [0.717, 1.165) is 18.5 Å². The van der Waals surface area contributed by atoms with E-state index in [1.807, 2.05) is 0 Å². The Morgan fingerprint density at radius 3 is 2.83 bits per heavy atom. The maximum atomic E-state index is 5.61. The fourth-order valence-corrected chi connectivity index (χ4v) is 3.58. The van der Waals surface area contributed by atoms with Crippen molar-refractivity contribution in [2.24, 2.45) is 11.7 Å². The minimum atomic E-state index is 0.810. The first kappa shape index (κ1) is 14.3. The molecule has 2 N–H and O–H groups in total. The Labute approximate surface area is 113 Å². The van der Waals surface area contributed by atoms with Crippen LogP contribution in [-0.4, -0.2) is 55.1 Å². The molecule has 3 nitrogen and oxygen atoms in total. The van der Waals surface area contributed by atoms with E-state index in [4.69, 9.17) is 5.73 Å². The van der Waals surface area contributed by atoms with Gasteiger partial charge in [0, 0.05) is 12.6 Å². The Morgan fingerprint density at radius 1 is 1.17 bits per heavy atom. The molecule has 0 amide bonds. The van der Waals surface area contributed by atoms with E-state index in [9.17, 15) is 0 Å². The normalized spacial score (nSPS) is 28.0. The quantitative estimate of drug-likeness (QED) is 0.785. The second-order valence-electron chi connectivity index (χ2n) is 6.31. The van der Waals surface area contributed by atoms with Gasteiger partial charge in [-0.25, -0.2) is 0 Å². The molecule has 0 spiro atoms. The van der Waals surface area contributed by atoms with Gasteiger partial charge in [-0.1, -0.05) is 6.92 Å². The Balaban J connectivity index is 1.66. The van der Waals surface area contributed by atoms with Crippen LogP contribution in [0.2, 0.25) is 0 Å². The summed E-state index contributed by atoms with van der Waals surface area (Å²) in [4.78, 5) is 5.43. The van der Waals surface area contributed by atoms with Crippen LogP contribution < -0.4 is 5.73 Å². The van der Waals surface area contributed by atoms with Gasteiger partial charge in [0.25, 0.3) is 0 Å².